The van der Waals surface area contributed by atoms with Crippen LogP contribution < -0.4 is 5.32 Å². The number of aliphatic carboxylic acids is 1. The average Bonchev–Trinajstić information content (AvgIpc) is 2.92. The molecule has 1 atom stereocenters. The third-order valence-electron chi connectivity index (χ3n) is 4.73. The molecule has 2 aliphatic rings. The summed E-state index contributed by atoms with van der Waals surface area (Å²) in [5.74, 6) is 1.24. The molecule has 1 unspecified atom stereocenters. The Labute approximate surface area is 125 Å². The molecule has 0 bridgehead atoms. The van der Waals surface area contributed by atoms with Gasteiger partial charge in [-0.1, -0.05) is 32.6 Å². The molecule has 2 fully saturated rings. The third kappa shape index (κ3) is 3.68. The predicted octanol–water partition coefficient (Wildman–Crippen LogP) is 2.67. The highest BCUT2D eigenvalue weighted by molar-refractivity contribution is 7.99. The van der Waals surface area contributed by atoms with Crippen LogP contribution in [0.2, 0.25) is 0 Å². The van der Waals surface area contributed by atoms with Gasteiger partial charge in [0.1, 0.15) is 5.54 Å². The SMILES string of the molecule is CC(CC1CCCC1)C(=O)NC1(C(=O)O)CCSCC1. The lowest BCUT2D eigenvalue weighted by Crippen LogP contribution is -2.57. The number of carbonyl (C=O) groups excluding carboxylic acids is 1. The summed E-state index contributed by atoms with van der Waals surface area (Å²) in [7, 11) is 0. The summed E-state index contributed by atoms with van der Waals surface area (Å²) >= 11 is 1.76. The van der Waals surface area contributed by atoms with E-state index < -0.39 is 11.5 Å². The predicted molar refractivity (Wildman–Crippen MR) is 80.8 cm³/mol. The van der Waals surface area contributed by atoms with E-state index in [0.29, 0.717) is 18.8 Å². The summed E-state index contributed by atoms with van der Waals surface area (Å²) in [6.07, 6.45) is 6.96. The number of thioether (sulfide) groups is 1. The molecule has 1 aliphatic heterocycles. The first-order valence-corrected chi connectivity index (χ1v) is 8.82. The first-order chi connectivity index (χ1) is 9.53. The van der Waals surface area contributed by atoms with Crippen LogP contribution in [0, 0.1) is 11.8 Å². The Morgan fingerprint density at radius 2 is 1.90 bits per heavy atom. The fourth-order valence-corrected chi connectivity index (χ4v) is 4.51. The third-order valence-corrected chi connectivity index (χ3v) is 5.71. The number of nitrogens with one attached hydrogen (secondary N) is 1. The topological polar surface area (TPSA) is 66.4 Å². The van der Waals surface area contributed by atoms with Crippen molar-refractivity contribution < 1.29 is 14.7 Å². The molecular formula is C15H25NO3S. The standard InChI is InChI=1S/C15H25NO3S/c1-11(10-12-4-2-3-5-12)13(17)16-15(14(18)19)6-8-20-9-7-15/h11-12H,2-10H2,1H3,(H,16,17)(H,18,19). The maximum atomic E-state index is 12.3. The molecule has 114 valence electrons. The van der Waals surface area contributed by atoms with Gasteiger partial charge in [-0.15, -0.1) is 0 Å². The first kappa shape index (κ1) is 15.7. The molecule has 4 nitrogen and oxygen atoms in total. The smallest absolute Gasteiger partial charge is 0.329 e. The van der Waals surface area contributed by atoms with E-state index in [0.717, 1.165) is 17.9 Å². The van der Waals surface area contributed by atoms with Gasteiger partial charge in [-0.25, -0.2) is 4.79 Å². The number of rotatable bonds is 5. The molecule has 0 spiro atoms. The summed E-state index contributed by atoms with van der Waals surface area (Å²) in [6, 6.07) is 0. The molecule has 1 saturated heterocycles. The Hall–Kier alpha value is -0.710. The zero-order valence-electron chi connectivity index (χ0n) is 12.2. The summed E-state index contributed by atoms with van der Waals surface area (Å²) in [5, 5.41) is 12.3. The van der Waals surface area contributed by atoms with E-state index in [4.69, 9.17) is 0 Å². The maximum absolute atomic E-state index is 12.3. The van der Waals surface area contributed by atoms with Gasteiger partial charge in [0.05, 0.1) is 0 Å². The van der Waals surface area contributed by atoms with Crippen LogP contribution in [-0.4, -0.2) is 34.0 Å². The highest BCUT2D eigenvalue weighted by Crippen LogP contribution is 2.31. The molecule has 20 heavy (non-hydrogen) atoms. The van der Waals surface area contributed by atoms with Crippen LogP contribution in [0.4, 0.5) is 0 Å². The summed E-state index contributed by atoms with van der Waals surface area (Å²) in [4.78, 5) is 23.9. The Morgan fingerprint density at radius 3 is 2.45 bits per heavy atom. The lowest BCUT2D eigenvalue weighted by atomic mass is 9.89. The van der Waals surface area contributed by atoms with Gasteiger partial charge in [-0.05, 0) is 36.7 Å². The van der Waals surface area contributed by atoms with E-state index in [1.54, 1.807) is 11.8 Å². The van der Waals surface area contributed by atoms with E-state index in [9.17, 15) is 14.7 Å². The van der Waals surface area contributed by atoms with Crippen LogP contribution in [0.1, 0.15) is 51.9 Å². The summed E-state index contributed by atoms with van der Waals surface area (Å²) < 4.78 is 0. The number of amides is 1. The second-order valence-corrected chi connectivity index (χ2v) is 7.50. The molecule has 0 aromatic carbocycles. The molecular weight excluding hydrogens is 274 g/mol. The number of carboxylic acid groups (broad SMARTS) is 1. The monoisotopic (exact) mass is 299 g/mol. The molecule has 2 N–H and O–H groups in total. The quantitative estimate of drug-likeness (QED) is 0.819. The van der Waals surface area contributed by atoms with Gasteiger partial charge >= 0.3 is 5.97 Å². The Balaban J connectivity index is 1.91. The number of carboxylic acids is 1. The normalized spacial score (nSPS) is 24.2. The van der Waals surface area contributed by atoms with Crippen molar-refractivity contribution in [2.24, 2.45) is 11.8 Å². The Bertz CT molecular complexity index is 360. The van der Waals surface area contributed by atoms with Crippen molar-refractivity contribution in [1.82, 2.24) is 5.32 Å². The second kappa shape index (κ2) is 6.83. The fourth-order valence-electron chi connectivity index (χ4n) is 3.32. The van der Waals surface area contributed by atoms with E-state index in [1.165, 1.54) is 25.7 Å². The van der Waals surface area contributed by atoms with Gasteiger partial charge in [0.15, 0.2) is 0 Å². The lowest BCUT2D eigenvalue weighted by molar-refractivity contribution is -0.148. The van der Waals surface area contributed by atoms with Crippen molar-refractivity contribution in [3.8, 4) is 0 Å². The highest BCUT2D eigenvalue weighted by atomic mass is 32.2. The van der Waals surface area contributed by atoms with Crippen molar-refractivity contribution in [2.75, 3.05) is 11.5 Å². The van der Waals surface area contributed by atoms with Crippen molar-refractivity contribution in [3.05, 3.63) is 0 Å². The van der Waals surface area contributed by atoms with Crippen molar-refractivity contribution in [2.45, 2.75) is 57.4 Å². The second-order valence-electron chi connectivity index (χ2n) is 6.28. The fraction of sp³-hybridized carbons (Fsp3) is 0.867. The van der Waals surface area contributed by atoms with Gasteiger partial charge in [0.25, 0.3) is 0 Å². The first-order valence-electron chi connectivity index (χ1n) is 7.67. The molecule has 1 amide bonds. The number of hydrogen-bond acceptors (Lipinski definition) is 3. The van der Waals surface area contributed by atoms with Crippen LogP contribution in [0.5, 0.6) is 0 Å². The maximum Gasteiger partial charge on any atom is 0.329 e. The van der Waals surface area contributed by atoms with Crippen molar-refractivity contribution in [3.63, 3.8) is 0 Å². The minimum Gasteiger partial charge on any atom is -0.480 e. The van der Waals surface area contributed by atoms with Gasteiger partial charge in [0, 0.05) is 5.92 Å². The van der Waals surface area contributed by atoms with Crippen LogP contribution >= 0.6 is 11.8 Å². The zero-order chi connectivity index (χ0) is 14.6. The molecule has 0 radical (unpaired) electrons. The van der Waals surface area contributed by atoms with E-state index >= 15 is 0 Å². The largest absolute Gasteiger partial charge is 0.480 e. The zero-order valence-corrected chi connectivity index (χ0v) is 13.0. The van der Waals surface area contributed by atoms with Crippen LogP contribution in [-0.2, 0) is 9.59 Å². The van der Waals surface area contributed by atoms with E-state index in [-0.39, 0.29) is 11.8 Å². The van der Waals surface area contributed by atoms with Gasteiger partial charge in [-0.2, -0.15) is 11.8 Å². The minimum atomic E-state index is -1.02. The number of carbonyl (C=O) groups is 2. The van der Waals surface area contributed by atoms with Crippen molar-refractivity contribution in [1.29, 1.82) is 0 Å². The summed E-state index contributed by atoms with van der Waals surface area (Å²) in [5.41, 5.74) is -1.02. The van der Waals surface area contributed by atoms with Crippen LogP contribution in [0.3, 0.4) is 0 Å². The summed E-state index contributed by atoms with van der Waals surface area (Å²) in [6.45, 7) is 1.93. The molecule has 2 rings (SSSR count). The number of hydrogen-bond donors (Lipinski definition) is 2. The molecule has 5 heteroatoms. The molecule has 1 saturated carbocycles. The molecule has 1 heterocycles. The van der Waals surface area contributed by atoms with Crippen LogP contribution in [0.25, 0.3) is 0 Å². The average molecular weight is 299 g/mol. The molecule has 0 aromatic rings. The lowest BCUT2D eigenvalue weighted by Gasteiger charge is -2.34. The van der Waals surface area contributed by atoms with Gasteiger partial charge < -0.3 is 10.4 Å². The Morgan fingerprint density at radius 1 is 1.30 bits per heavy atom. The van der Waals surface area contributed by atoms with Crippen LogP contribution in [0.15, 0.2) is 0 Å². The minimum absolute atomic E-state index is 0.0776. The molecule has 0 aromatic heterocycles. The molecule has 1 aliphatic carbocycles. The Kier molecular flexibility index (Phi) is 5.35. The van der Waals surface area contributed by atoms with E-state index in [1.807, 2.05) is 6.92 Å². The highest BCUT2D eigenvalue weighted by Gasteiger charge is 2.42. The van der Waals surface area contributed by atoms with Crippen molar-refractivity contribution >= 4 is 23.6 Å². The van der Waals surface area contributed by atoms with Gasteiger partial charge in [0.2, 0.25) is 5.91 Å². The van der Waals surface area contributed by atoms with E-state index in [2.05, 4.69) is 5.32 Å². The van der Waals surface area contributed by atoms with Gasteiger partial charge in [-0.3, -0.25) is 4.79 Å².